The fourth-order valence-electron chi connectivity index (χ4n) is 5.07. The predicted molar refractivity (Wildman–Crippen MR) is 117 cm³/mol. The van der Waals surface area contributed by atoms with E-state index < -0.39 is 0 Å². The first kappa shape index (κ1) is 18.8. The van der Waals surface area contributed by atoms with E-state index in [9.17, 15) is 0 Å². The Morgan fingerprint density at radius 2 is 0.704 bits per heavy atom. The Labute approximate surface area is 166 Å². The summed E-state index contributed by atoms with van der Waals surface area (Å²) in [6.07, 6.45) is 19.8. The second-order valence-corrected chi connectivity index (χ2v) is 8.89. The van der Waals surface area contributed by atoms with Crippen molar-refractivity contribution in [2.24, 2.45) is 0 Å². The summed E-state index contributed by atoms with van der Waals surface area (Å²) in [5.41, 5.74) is 9.77. The number of benzene rings is 2. The van der Waals surface area contributed by atoms with E-state index in [2.05, 4.69) is 36.4 Å². The maximum absolute atomic E-state index is 2.56. The van der Waals surface area contributed by atoms with Crippen LogP contribution in [0.25, 0.3) is 0 Å². The summed E-state index contributed by atoms with van der Waals surface area (Å²) in [4.78, 5) is 0. The lowest BCUT2D eigenvalue weighted by Gasteiger charge is -2.16. The predicted octanol–water partition coefficient (Wildman–Crippen LogP) is 7.18. The molecule has 0 radical (unpaired) electrons. The zero-order valence-electron chi connectivity index (χ0n) is 17.1. The summed E-state index contributed by atoms with van der Waals surface area (Å²) in [5.74, 6) is 0. The van der Waals surface area contributed by atoms with Crippen LogP contribution < -0.4 is 0 Å². The molecule has 0 atom stereocenters. The molecule has 0 spiro atoms. The maximum Gasteiger partial charge on any atom is -0.0276 e. The van der Waals surface area contributed by atoms with Crippen molar-refractivity contribution >= 4 is 0 Å². The lowest BCUT2D eigenvalue weighted by Crippen LogP contribution is -2.02. The van der Waals surface area contributed by atoms with Crippen LogP contribution in [0.5, 0.6) is 0 Å². The lowest BCUT2D eigenvalue weighted by atomic mass is 9.90. The molecule has 0 fully saturated rings. The minimum Gasteiger partial charge on any atom is -0.0588 e. The summed E-state index contributed by atoms with van der Waals surface area (Å²) >= 11 is 0. The second kappa shape index (κ2) is 9.58. The van der Waals surface area contributed by atoms with Crippen LogP contribution in [0.2, 0.25) is 0 Å². The second-order valence-electron chi connectivity index (χ2n) is 8.89. The molecule has 0 aliphatic heterocycles. The van der Waals surface area contributed by atoms with Crippen LogP contribution in [0.15, 0.2) is 36.4 Å². The molecule has 2 aromatic rings. The highest BCUT2D eigenvalue weighted by Crippen LogP contribution is 2.24. The van der Waals surface area contributed by atoms with Crippen LogP contribution in [0, 0.1) is 0 Å². The minimum absolute atomic E-state index is 1.26. The van der Waals surface area contributed by atoms with Gasteiger partial charge in [-0.25, -0.2) is 0 Å². The molecule has 0 aromatic heterocycles. The first-order valence-electron chi connectivity index (χ1n) is 11.6. The Hall–Kier alpha value is -1.56. The lowest BCUT2D eigenvalue weighted by molar-refractivity contribution is 0.640. The fourth-order valence-corrected chi connectivity index (χ4v) is 5.07. The standard InChI is InChI=1S/C27H36/c1-4-10-22-16-18-24-12-6-2-7-13-25-19-17-23(11-5-1)21-27(25)15-9-3-8-14-26(24)20-22/h16-21H,1-15H2. The van der Waals surface area contributed by atoms with Gasteiger partial charge in [-0.3, -0.25) is 0 Å². The minimum atomic E-state index is 1.26. The Morgan fingerprint density at radius 3 is 1.15 bits per heavy atom. The Kier molecular flexibility index (Phi) is 6.67. The zero-order valence-corrected chi connectivity index (χ0v) is 17.1. The summed E-state index contributed by atoms with van der Waals surface area (Å²) in [6.45, 7) is 0. The molecule has 0 nitrogen and oxygen atoms in total. The molecular formula is C27H36. The van der Waals surface area contributed by atoms with E-state index in [4.69, 9.17) is 0 Å². The van der Waals surface area contributed by atoms with Gasteiger partial charge >= 0.3 is 0 Å². The molecule has 0 saturated carbocycles. The molecule has 4 bridgehead atoms. The first-order chi connectivity index (χ1) is 13.4. The van der Waals surface area contributed by atoms with E-state index in [1.165, 1.54) is 96.3 Å². The molecule has 0 unspecified atom stereocenters. The highest BCUT2D eigenvalue weighted by Gasteiger charge is 2.09. The number of hydrogen-bond donors (Lipinski definition) is 0. The Bertz CT molecular complexity index is 678. The van der Waals surface area contributed by atoms with Gasteiger partial charge in [-0.1, -0.05) is 55.7 Å². The van der Waals surface area contributed by atoms with Gasteiger partial charge in [-0.15, -0.1) is 0 Å². The molecular weight excluding hydrogens is 324 g/mol. The van der Waals surface area contributed by atoms with Crippen molar-refractivity contribution < 1.29 is 0 Å². The van der Waals surface area contributed by atoms with Gasteiger partial charge in [0.25, 0.3) is 0 Å². The molecule has 4 rings (SSSR count). The van der Waals surface area contributed by atoms with Gasteiger partial charge in [-0.05, 0) is 110 Å². The van der Waals surface area contributed by atoms with E-state index in [0.717, 1.165) is 0 Å². The van der Waals surface area contributed by atoms with Crippen molar-refractivity contribution in [3.63, 3.8) is 0 Å². The average Bonchev–Trinajstić information content (AvgIpc) is 2.68. The molecule has 2 aliphatic carbocycles. The van der Waals surface area contributed by atoms with Gasteiger partial charge in [0.15, 0.2) is 0 Å². The van der Waals surface area contributed by atoms with Gasteiger partial charge < -0.3 is 0 Å². The van der Waals surface area contributed by atoms with E-state index >= 15 is 0 Å². The van der Waals surface area contributed by atoms with Crippen LogP contribution in [0.1, 0.15) is 91.2 Å². The van der Waals surface area contributed by atoms with Crippen LogP contribution in [-0.4, -0.2) is 0 Å². The van der Waals surface area contributed by atoms with Crippen LogP contribution in [0.3, 0.4) is 0 Å². The highest BCUT2D eigenvalue weighted by molar-refractivity contribution is 5.34. The summed E-state index contributed by atoms with van der Waals surface area (Å²) < 4.78 is 0. The Balaban J connectivity index is 1.62. The summed E-state index contributed by atoms with van der Waals surface area (Å²) in [5, 5.41) is 0. The van der Waals surface area contributed by atoms with Crippen LogP contribution >= 0.6 is 0 Å². The molecule has 0 N–H and O–H groups in total. The van der Waals surface area contributed by atoms with Gasteiger partial charge in [0.05, 0.1) is 0 Å². The zero-order chi connectivity index (χ0) is 18.3. The maximum atomic E-state index is 2.56. The van der Waals surface area contributed by atoms with Gasteiger partial charge in [-0.2, -0.15) is 0 Å². The third-order valence-electron chi connectivity index (χ3n) is 6.76. The number of hydrogen-bond acceptors (Lipinski definition) is 0. The number of fused-ring (bicyclic) bond motifs is 6. The molecule has 2 aliphatic rings. The normalized spacial score (nSPS) is 19.1. The quantitative estimate of drug-likeness (QED) is 0.467. The van der Waals surface area contributed by atoms with Crippen molar-refractivity contribution in [1.82, 2.24) is 0 Å². The molecule has 2 aromatic carbocycles. The van der Waals surface area contributed by atoms with E-state index in [1.54, 1.807) is 33.4 Å². The van der Waals surface area contributed by atoms with E-state index in [1.807, 2.05) is 0 Å². The van der Waals surface area contributed by atoms with Crippen molar-refractivity contribution in [3.05, 3.63) is 69.8 Å². The molecule has 0 heteroatoms. The van der Waals surface area contributed by atoms with Gasteiger partial charge in [0.2, 0.25) is 0 Å². The van der Waals surface area contributed by atoms with Gasteiger partial charge in [0.1, 0.15) is 0 Å². The molecule has 0 heterocycles. The van der Waals surface area contributed by atoms with Crippen molar-refractivity contribution in [3.8, 4) is 0 Å². The molecule has 0 amide bonds. The third kappa shape index (κ3) is 5.24. The first-order valence-corrected chi connectivity index (χ1v) is 11.6. The topological polar surface area (TPSA) is 0 Å². The van der Waals surface area contributed by atoms with Crippen molar-refractivity contribution in [2.45, 2.75) is 96.3 Å². The SMILES string of the molecule is c1cc2c3cc1CCCCCc1ccc(c(c1)CCCCC3)CCCCC2. The monoisotopic (exact) mass is 360 g/mol. The highest BCUT2D eigenvalue weighted by atomic mass is 14.1. The van der Waals surface area contributed by atoms with Gasteiger partial charge in [0, 0.05) is 0 Å². The molecule has 144 valence electrons. The van der Waals surface area contributed by atoms with E-state index in [-0.39, 0.29) is 0 Å². The van der Waals surface area contributed by atoms with Crippen LogP contribution in [0.4, 0.5) is 0 Å². The number of rotatable bonds is 0. The van der Waals surface area contributed by atoms with Crippen molar-refractivity contribution in [1.29, 1.82) is 0 Å². The number of aryl methyl sites for hydroxylation is 6. The van der Waals surface area contributed by atoms with E-state index in [0.29, 0.717) is 0 Å². The Morgan fingerprint density at radius 1 is 0.333 bits per heavy atom. The third-order valence-corrected chi connectivity index (χ3v) is 6.76. The average molecular weight is 361 g/mol. The van der Waals surface area contributed by atoms with Crippen molar-refractivity contribution in [2.75, 3.05) is 0 Å². The van der Waals surface area contributed by atoms with Crippen LogP contribution in [-0.2, 0) is 38.5 Å². The smallest absolute Gasteiger partial charge is 0.0276 e. The molecule has 0 saturated heterocycles. The fraction of sp³-hybridized carbons (Fsp3) is 0.556. The summed E-state index contributed by atoms with van der Waals surface area (Å²) in [6, 6.07) is 14.9. The molecule has 27 heavy (non-hydrogen) atoms. The largest absolute Gasteiger partial charge is 0.0588 e. The summed E-state index contributed by atoms with van der Waals surface area (Å²) in [7, 11) is 0.